The molecule has 258 valence electrons. The summed E-state index contributed by atoms with van der Waals surface area (Å²) < 4.78 is 15.8. The zero-order chi connectivity index (χ0) is 34.2. The smallest absolute Gasteiger partial charge is 0.306 e. The van der Waals surface area contributed by atoms with Gasteiger partial charge in [-0.25, -0.2) is 0 Å². The fraction of sp³-hybridized carbons (Fsp3) is 0.600. The van der Waals surface area contributed by atoms with Crippen LogP contribution in [0.1, 0.15) is 57.8 Å². The van der Waals surface area contributed by atoms with E-state index in [-0.39, 0.29) is 37.9 Å². The fourth-order valence-electron chi connectivity index (χ4n) is 4.57. The van der Waals surface area contributed by atoms with Crippen molar-refractivity contribution in [1.82, 2.24) is 0 Å². The highest BCUT2D eigenvalue weighted by molar-refractivity contribution is 6.30. The fourth-order valence-corrected chi connectivity index (χ4v) is 4.75. The van der Waals surface area contributed by atoms with Gasteiger partial charge < -0.3 is 34.1 Å². The number of hydrogen-bond acceptors (Lipinski definition) is 13. The second-order valence-corrected chi connectivity index (χ2v) is 10.5. The van der Waals surface area contributed by atoms with Crippen molar-refractivity contribution in [1.29, 1.82) is 0 Å². The molecule has 0 spiro atoms. The lowest BCUT2D eigenvalue weighted by Crippen LogP contribution is -2.30. The number of rotatable bonds is 22. The Labute approximate surface area is 272 Å². The number of benzene rings is 1. The van der Waals surface area contributed by atoms with Gasteiger partial charge in [-0.3, -0.25) is 9.59 Å². The van der Waals surface area contributed by atoms with Gasteiger partial charge >= 0.3 is 11.9 Å². The number of carbonyl (C=O) groups excluding carboxylic acids is 2. The molecule has 1 saturated carbocycles. The molecule has 2 N–H and O–H groups in total. The van der Waals surface area contributed by atoms with E-state index in [4.69, 9.17) is 30.9 Å². The highest BCUT2D eigenvalue weighted by Crippen LogP contribution is 2.36. The van der Waals surface area contributed by atoms with Crippen molar-refractivity contribution in [3.63, 3.8) is 0 Å². The summed E-state index contributed by atoms with van der Waals surface area (Å²) in [6.45, 7) is -0.882. The maximum atomic E-state index is 12.1. The van der Waals surface area contributed by atoms with Gasteiger partial charge in [0.15, 0.2) is 6.10 Å². The van der Waals surface area contributed by atoms with Crippen LogP contribution in [0, 0.1) is 32.1 Å². The molecule has 1 aromatic rings. The quantitative estimate of drug-likeness (QED) is 0.0574. The lowest BCUT2D eigenvalue weighted by atomic mass is 9.91. The van der Waals surface area contributed by atoms with Gasteiger partial charge in [0.2, 0.25) is 0 Å². The summed E-state index contributed by atoms with van der Waals surface area (Å²) in [6.07, 6.45) is 10.7. The third kappa shape index (κ3) is 18.8. The number of allylic oxidation sites excluding steroid dienone is 2. The van der Waals surface area contributed by atoms with Crippen LogP contribution in [0.25, 0.3) is 0 Å². The van der Waals surface area contributed by atoms with E-state index in [0.717, 1.165) is 26.4 Å². The molecule has 4 atom stereocenters. The van der Waals surface area contributed by atoms with Crippen LogP contribution in [0.15, 0.2) is 48.6 Å². The molecular formula is C30H43ClN2O13. The molecule has 1 fully saturated rings. The Morgan fingerprint density at radius 3 is 2.43 bits per heavy atom. The van der Waals surface area contributed by atoms with Gasteiger partial charge in [-0.2, -0.15) is 0 Å². The van der Waals surface area contributed by atoms with Crippen LogP contribution in [0.3, 0.4) is 0 Å². The van der Waals surface area contributed by atoms with Crippen molar-refractivity contribution in [3.8, 4) is 5.75 Å². The average molecular weight is 675 g/mol. The Balaban J connectivity index is 0.00000518. The Morgan fingerprint density at radius 2 is 1.72 bits per heavy atom. The van der Waals surface area contributed by atoms with Crippen LogP contribution in [0.4, 0.5) is 0 Å². The summed E-state index contributed by atoms with van der Waals surface area (Å²) in [5.74, 6) is -0.268. The van der Waals surface area contributed by atoms with Crippen LogP contribution in [-0.4, -0.2) is 78.1 Å². The van der Waals surface area contributed by atoms with Crippen molar-refractivity contribution in [2.75, 3.05) is 33.5 Å². The molecule has 2 rings (SSSR count). The summed E-state index contributed by atoms with van der Waals surface area (Å²) in [5, 5.41) is 36.6. The average Bonchev–Trinajstić information content (AvgIpc) is 3.37. The first-order chi connectivity index (χ1) is 22.1. The number of carbonyl (C=O) groups is 2. The van der Waals surface area contributed by atoms with E-state index in [1.54, 1.807) is 12.1 Å². The van der Waals surface area contributed by atoms with Gasteiger partial charge in [0.25, 0.3) is 10.2 Å². The van der Waals surface area contributed by atoms with Crippen LogP contribution in [-0.2, 0) is 28.7 Å². The van der Waals surface area contributed by atoms with E-state index in [1.165, 1.54) is 0 Å². The molecule has 16 heteroatoms. The first kappa shape index (κ1) is 40.1. The number of unbranched alkanes of at least 4 members (excludes halogenated alkanes) is 1. The van der Waals surface area contributed by atoms with Crippen molar-refractivity contribution >= 4 is 23.5 Å². The molecule has 46 heavy (non-hydrogen) atoms. The zero-order valence-corrected chi connectivity index (χ0v) is 26.5. The van der Waals surface area contributed by atoms with Crippen LogP contribution in [0.2, 0.25) is 5.02 Å². The lowest BCUT2D eigenvalue weighted by molar-refractivity contribution is -0.759. The normalized spacial score (nSPS) is 18.0. The Bertz CT molecular complexity index is 1120. The maximum absolute atomic E-state index is 12.1. The Kier molecular flexibility index (Phi) is 21.2. The molecule has 0 amide bonds. The number of esters is 2. The standard InChI is InChI=1S/C29H39ClN2O12.CH4O/c30-23-10-7-11-24(19-23)40-17-6-5-12-26-22(15-16-27(26)33)9-3-1-2-4-13-28(34)41-20-25(21-43-32(38)39)44-29(35)14-8-18-42-31(36)37;1-2/h1,3,5,7,10-12,19,22,25-27,33H,2,4,6,8-9,13-18,20-21H2;2H,1H3/b3-1-,12-5+;/t22-,25?,26?,27+;/m0./s1. The molecule has 15 nitrogen and oxygen atoms in total. The predicted molar refractivity (Wildman–Crippen MR) is 165 cm³/mol. The van der Waals surface area contributed by atoms with Crippen molar-refractivity contribution < 1.29 is 53.9 Å². The molecule has 1 aliphatic rings. The number of aliphatic hydroxyl groups is 2. The van der Waals surface area contributed by atoms with Crippen molar-refractivity contribution in [3.05, 3.63) is 73.8 Å². The van der Waals surface area contributed by atoms with Gasteiger partial charge in [-0.05, 0) is 69.1 Å². The molecule has 0 bridgehead atoms. The van der Waals surface area contributed by atoms with Gasteiger partial charge in [0.05, 0.1) is 19.3 Å². The summed E-state index contributed by atoms with van der Waals surface area (Å²) in [7, 11) is 1.00. The molecule has 2 unspecified atom stereocenters. The topological polar surface area (TPSA) is 207 Å². The van der Waals surface area contributed by atoms with E-state index in [1.807, 2.05) is 24.3 Å². The number of halogens is 1. The first-order valence-corrected chi connectivity index (χ1v) is 15.2. The molecule has 0 radical (unpaired) electrons. The monoisotopic (exact) mass is 674 g/mol. The van der Waals surface area contributed by atoms with Crippen LogP contribution >= 0.6 is 11.6 Å². The number of hydrogen-bond donors (Lipinski definition) is 2. The van der Waals surface area contributed by atoms with Crippen LogP contribution < -0.4 is 4.74 Å². The third-order valence-corrected chi connectivity index (χ3v) is 6.94. The summed E-state index contributed by atoms with van der Waals surface area (Å²) in [6, 6.07) is 7.22. The lowest BCUT2D eigenvalue weighted by Gasteiger charge is -2.17. The molecular weight excluding hydrogens is 632 g/mol. The summed E-state index contributed by atoms with van der Waals surface area (Å²) in [4.78, 5) is 53.0. The summed E-state index contributed by atoms with van der Waals surface area (Å²) >= 11 is 5.96. The minimum Gasteiger partial charge on any atom is -0.493 e. The Morgan fingerprint density at radius 1 is 0.978 bits per heavy atom. The highest BCUT2D eigenvalue weighted by Gasteiger charge is 2.32. The minimum absolute atomic E-state index is 0.00436. The molecule has 0 saturated heterocycles. The number of aliphatic hydroxyl groups excluding tert-OH is 2. The van der Waals surface area contributed by atoms with E-state index >= 15 is 0 Å². The second-order valence-electron chi connectivity index (χ2n) is 10.1. The Hall–Kier alpha value is -3.95. The number of ether oxygens (including phenoxy) is 3. The van der Waals surface area contributed by atoms with Gasteiger partial charge in [0, 0.05) is 30.9 Å². The molecule has 1 aromatic carbocycles. The van der Waals surface area contributed by atoms with Gasteiger partial charge in [-0.1, -0.05) is 42.0 Å². The van der Waals surface area contributed by atoms with E-state index in [9.17, 15) is 34.9 Å². The first-order valence-electron chi connectivity index (χ1n) is 14.9. The molecule has 0 aromatic heterocycles. The summed E-state index contributed by atoms with van der Waals surface area (Å²) in [5.41, 5.74) is 0. The highest BCUT2D eigenvalue weighted by atomic mass is 35.5. The van der Waals surface area contributed by atoms with E-state index in [0.29, 0.717) is 42.6 Å². The largest absolute Gasteiger partial charge is 0.493 e. The maximum Gasteiger partial charge on any atom is 0.306 e. The second kappa shape index (κ2) is 24.3. The van der Waals surface area contributed by atoms with Crippen molar-refractivity contribution in [2.24, 2.45) is 11.8 Å². The van der Waals surface area contributed by atoms with Gasteiger partial charge in [-0.15, -0.1) is 20.2 Å². The molecule has 0 heterocycles. The molecule has 1 aliphatic carbocycles. The third-order valence-electron chi connectivity index (χ3n) is 6.70. The minimum atomic E-state index is -1.22. The van der Waals surface area contributed by atoms with E-state index in [2.05, 4.69) is 21.8 Å². The van der Waals surface area contributed by atoms with E-state index < -0.39 is 41.4 Å². The number of nitrogens with zero attached hydrogens (tertiary/aromatic N) is 2. The SMILES string of the molecule is CO.O=C(CCC/C=C\C[C@H]1CC[C@@H](O)C1/C=C/CCOc1cccc(Cl)c1)OCC(CO[N+](=O)[O-])OC(=O)CCCO[N+](=O)[O-]. The van der Waals surface area contributed by atoms with Crippen molar-refractivity contribution in [2.45, 2.75) is 70.0 Å². The van der Waals surface area contributed by atoms with Crippen LogP contribution in [0.5, 0.6) is 5.75 Å². The zero-order valence-electron chi connectivity index (χ0n) is 25.8. The predicted octanol–water partition coefficient (Wildman–Crippen LogP) is 4.43. The van der Waals surface area contributed by atoms with Gasteiger partial charge in [0.1, 0.15) is 19.0 Å². The molecule has 0 aliphatic heterocycles.